The largest absolute Gasteiger partial charge is 0.352 e. The van der Waals surface area contributed by atoms with Crippen molar-refractivity contribution < 1.29 is 13.2 Å². The van der Waals surface area contributed by atoms with Gasteiger partial charge in [-0.05, 0) is 93.4 Å². The number of para-hydroxylation sites is 1. The Morgan fingerprint density at radius 2 is 1.71 bits per heavy atom. The van der Waals surface area contributed by atoms with Crippen molar-refractivity contribution in [2.75, 3.05) is 32.0 Å². The molecule has 1 N–H and O–H groups in total. The van der Waals surface area contributed by atoms with Gasteiger partial charge in [0.15, 0.2) is 0 Å². The average Bonchev–Trinajstić information content (AvgIpc) is 3.43. The Balaban J connectivity index is 1.40. The number of nitrogens with zero attached hydrogens (tertiary/aromatic N) is 2. The quantitative estimate of drug-likeness (QED) is 0.299. The molecule has 1 aromatic heterocycles. The van der Waals surface area contributed by atoms with E-state index < -0.39 is 10.0 Å². The molecule has 0 spiro atoms. The summed E-state index contributed by atoms with van der Waals surface area (Å²) in [6.45, 7) is 0.564. The lowest BCUT2D eigenvalue weighted by Gasteiger charge is -2.37. The molecule has 3 aromatic rings. The zero-order valence-electron chi connectivity index (χ0n) is 21.7. The number of anilines is 1. The van der Waals surface area contributed by atoms with E-state index in [1.54, 1.807) is 24.3 Å². The van der Waals surface area contributed by atoms with Gasteiger partial charge < -0.3 is 10.2 Å². The van der Waals surface area contributed by atoms with Crippen LogP contribution in [0.15, 0.2) is 64.9 Å². The lowest BCUT2D eigenvalue weighted by atomic mass is 9.77. The molecule has 4 rings (SSSR count). The van der Waals surface area contributed by atoms with Crippen LogP contribution < -0.4 is 9.62 Å². The van der Waals surface area contributed by atoms with Crippen LogP contribution in [0.3, 0.4) is 0 Å². The van der Waals surface area contributed by atoms with Gasteiger partial charge in [-0.2, -0.15) is 0 Å². The Hall–Kier alpha value is -2.10. The molecule has 1 aliphatic carbocycles. The number of carbonyl (C=O) groups excluding carboxylic acids is 1. The van der Waals surface area contributed by atoms with E-state index in [9.17, 15) is 13.2 Å². The van der Waals surface area contributed by atoms with Crippen molar-refractivity contribution in [1.29, 1.82) is 0 Å². The number of rotatable bonds is 9. The van der Waals surface area contributed by atoms with Gasteiger partial charge in [-0.3, -0.25) is 9.10 Å². The van der Waals surface area contributed by atoms with E-state index in [2.05, 4.69) is 41.8 Å². The number of sulfonamides is 1. The van der Waals surface area contributed by atoms with E-state index >= 15 is 0 Å². The van der Waals surface area contributed by atoms with Gasteiger partial charge in [0.25, 0.3) is 15.9 Å². The molecule has 1 atom stereocenters. The number of amides is 1. The minimum Gasteiger partial charge on any atom is -0.352 e. The van der Waals surface area contributed by atoms with Gasteiger partial charge in [0, 0.05) is 24.5 Å². The first-order chi connectivity index (χ1) is 18.1. The highest BCUT2D eigenvalue weighted by Gasteiger charge is 2.31. The van der Waals surface area contributed by atoms with E-state index in [4.69, 9.17) is 23.2 Å². The molecule has 1 fully saturated rings. The summed E-state index contributed by atoms with van der Waals surface area (Å²) in [6, 6.07) is 15.6. The maximum absolute atomic E-state index is 13.3. The predicted molar refractivity (Wildman–Crippen MR) is 157 cm³/mol. The molecule has 10 heteroatoms. The van der Waals surface area contributed by atoms with E-state index in [1.807, 2.05) is 11.3 Å². The summed E-state index contributed by atoms with van der Waals surface area (Å²) in [6.07, 6.45) is 4.33. The molecular weight excluding hydrogens is 561 g/mol. The molecule has 1 saturated carbocycles. The van der Waals surface area contributed by atoms with E-state index in [0.29, 0.717) is 35.7 Å². The van der Waals surface area contributed by atoms with Crippen LogP contribution in [0.5, 0.6) is 0 Å². The summed E-state index contributed by atoms with van der Waals surface area (Å²) >= 11 is 13.8. The predicted octanol–water partition coefficient (Wildman–Crippen LogP) is 6.72. The molecule has 38 heavy (non-hydrogen) atoms. The molecule has 1 amide bonds. The second-order valence-corrected chi connectivity index (χ2v) is 13.7. The highest BCUT2D eigenvalue weighted by Crippen LogP contribution is 2.40. The molecule has 0 aliphatic heterocycles. The van der Waals surface area contributed by atoms with Crippen molar-refractivity contribution >= 4 is 56.2 Å². The highest BCUT2D eigenvalue weighted by atomic mass is 35.5. The van der Waals surface area contributed by atoms with Crippen LogP contribution in [0.1, 0.15) is 47.0 Å². The molecule has 1 unspecified atom stereocenters. The molecule has 204 valence electrons. The van der Waals surface area contributed by atoms with Gasteiger partial charge in [0.2, 0.25) is 0 Å². The van der Waals surface area contributed by atoms with Gasteiger partial charge in [-0.15, -0.1) is 11.3 Å². The minimum absolute atomic E-state index is 0.0000483. The normalized spacial score (nSPS) is 18.8. The summed E-state index contributed by atoms with van der Waals surface area (Å²) in [5.41, 5.74) is 0.599. The van der Waals surface area contributed by atoms with Crippen LogP contribution in [0.25, 0.3) is 0 Å². The van der Waals surface area contributed by atoms with Gasteiger partial charge in [0.05, 0.1) is 26.2 Å². The van der Waals surface area contributed by atoms with Gasteiger partial charge >= 0.3 is 0 Å². The van der Waals surface area contributed by atoms with Crippen molar-refractivity contribution in [3.8, 4) is 0 Å². The van der Waals surface area contributed by atoms with Crippen LogP contribution in [0, 0.1) is 11.8 Å². The maximum Gasteiger partial charge on any atom is 0.264 e. The van der Waals surface area contributed by atoms with Crippen LogP contribution in [0.4, 0.5) is 5.69 Å². The number of carbonyl (C=O) groups is 1. The fourth-order valence-corrected chi connectivity index (χ4v) is 7.89. The molecule has 0 saturated heterocycles. The van der Waals surface area contributed by atoms with Crippen molar-refractivity contribution in [2.24, 2.45) is 11.8 Å². The Labute approximate surface area is 239 Å². The molecule has 1 heterocycles. The second kappa shape index (κ2) is 12.4. The van der Waals surface area contributed by atoms with Gasteiger partial charge in [-0.1, -0.05) is 41.4 Å². The van der Waals surface area contributed by atoms with Gasteiger partial charge in [-0.25, -0.2) is 8.42 Å². The summed E-state index contributed by atoms with van der Waals surface area (Å²) in [5, 5.41) is 5.61. The third-order valence-corrected chi connectivity index (χ3v) is 10.8. The number of halogens is 2. The maximum atomic E-state index is 13.3. The first-order valence-corrected chi connectivity index (χ1v) is 15.7. The van der Waals surface area contributed by atoms with Crippen molar-refractivity contribution in [3.05, 3.63) is 80.5 Å². The van der Waals surface area contributed by atoms with Crippen LogP contribution in [-0.2, 0) is 10.0 Å². The Kier molecular flexibility index (Phi) is 9.42. The lowest BCUT2D eigenvalue weighted by molar-refractivity contribution is 0.0935. The molecule has 0 radical (unpaired) electrons. The van der Waals surface area contributed by atoms with E-state index in [1.165, 1.54) is 30.1 Å². The number of benzene rings is 2. The third-order valence-electron chi connectivity index (χ3n) is 7.32. The van der Waals surface area contributed by atoms with Crippen LogP contribution >= 0.6 is 34.5 Å². The Morgan fingerprint density at radius 3 is 2.34 bits per heavy atom. The fourth-order valence-electron chi connectivity index (χ4n) is 5.27. The lowest BCUT2D eigenvalue weighted by Crippen LogP contribution is -2.35. The monoisotopic (exact) mass is 593 g/mol. The topological polar surface area (TPSA) is 69.7 Å². The Bertz CT molecular complexity index is 1360. The number of nitrogens with one attached hydrogen (secondary N) is 1. The van der Waals surface area contributed by atoms with Crippen molar-refractivity contribution in [1.82, 2.24) is 10.2 Å². The van der Waals surface area contributed by atoms with Gasteiger partial charge in [0.1, 0.15) is 0 Å². The zero-order valence-corrected chi connectivity index (χ0v) is 24.9. The smallest absolute Gasteiger partial charge is 0.264 e. The summed E-state index contributed by atoms with van der Waals surface area (Å²) in [4.78, 5) is 16.9. The van der Waals surface area contributed by atoms with Crippen LogP contribution in [-0.4, -0.2) is 46.9 Å². The highest BCUT2D eigenvalue weighted by molar-refractivity contribution is 7.92. The SMILES string of the molecule is CN(C)C(c1cccs1)C1CCC(CNC(=O)c2ccccc2N(C)S(=O)(=O)c2ccc(Cl)c(Cl)c2)CC1. The first-order valence-electron chi connectivity index (χ1n) is 12.6. The zero-order chi connectivity index (χ0) is 27.4. The number of thiophene rings is 1. The molecular formula is C28H33Cl2N3O3S2. The molecule has 2 aromatic carbocycles. The Morgan fingerprint density at radius 1 is 1.00 bits per heavy atom. The van der Waals surface area contributed by atoms with Crippen molar-refractivity contribution in [3.63, 3.8) is 0 Å². The summed E-state index contributed by atoms with van der Waals surface area (Å²) in [5.74, 6) is 0.700. The third kappa shape index (κ3) is 6.37. The molecule has 1 aliphatic rings. The van der Waals surface area contributed by atoms with E-state index in [-0.39, 0.29) is 20.8 Å². The second-order valence-electron chi connectivity index (χ2n) is 9.98. The van der Waals surface area contributed by atoms with E-state index in [0.717, 1.165) is 30.0 Å². The number of hydrogen-bond donors (Lipinski definition) is 1. The average molecular weight is 595 g/mol. The fraction of sp³-hybridized carbons (Fsp3) is 0.393. The van der Waals surface area contributed by atoms with Crippen LogP contribution in [0.2, 0.25) is 10.0 Å². The summed E-state index contributed by atoms with van der Waals surface area (Å²) < 4.78 is 27.7. The standard InChI is InChI=1S/C28H33Cl2N3O3S2/c1-32(2)27(26-9-6-16-37-26)20-12-10-19(11-13-20)18-31-28(34)22-7-4-5-8-25(22)33(3)38(35,36)21-14-15-23(29)24(30)17-21/h4-9,14-17,19-20,27H,10-13,18H2,1-3H3,(H,31,34). The summed E-state index contributed by atoms with van der Waals surface area (Å²) in [7, 11) is 1.77. The first kappa shape index (κ1) is 28.9. The molecule has 0 bridgehead atoms. The number of hydrogen-bond acceptors (Lipinski definition) is 5. The minimum atomic E-state index is -3.96. The van der Waals surface area contributed by atoms with Crippen molar-refractivity contribution in [2.45, 2.75) is 36.6 Å². The molecule has 6 nitrogen and oxygen atoms in total.